The Hall–Kier alpha value is -1.14. The fourth-order valence-electron chi connectivity index (χ4n) is 3.58. The summed E-state index contributed by atoms with van der Waals surface area (Å²) in [4.78, 5) is 17.1. The number of piperazine rings is 1. The van der Waals surface area contributed by atoms with Gasteiger partial charge in [-0.15, -0.1) is 0 Å². The first kappa shape index (κ1) is 18.6. The second-order valence-corrected chi connectivity index (χ2v) is 7.53. The number of hydrogen-bond donors (Lipinski definition) is 1. The molecule has 5 nitrogen and oxygen atoms in total. The lowest BCUT2D eigenvalue weighted by Crippen LogP contribution is -2.56. The maximum Gasteiger partial charge on any atom is 0.220 e. The van der Waals surface area contributed by atoms with E-state index in [-0.39, 0.29) is 11.9 Å². The molecule has 1 aromatic rings. The number of carbonyl (C=O) groups is 1. The highest BCUT2D eigenvalue weighted by molar-refractivity contribution is 6.30. The van der Waals surface area contributed by atoms with Crippen molar-refractivity contribution in [3.63, 3.8) is 0 Å². The fraction of sp³-hybridized carbons (Fsp3) is 0.632. The minimum atomic E-state index is 0.117. The average Bonchev–Trinajstić information content (AvgIpc) is 3.05. The largest absolute Gasteiger partial charge is 0.378 e. The van der Waals surface area contributed by atoms with Crippen LogP contribution in [0.4, 0.5) is 0 Å². The number of aryl methyl sites for hydroxylation is 1. The molecule has 2 heterocycles. The summed E-state index contributed by atoms with van der Waals surface area (Å²) in [5.41, 5.74) is 1.22. The molecule has 1 N–H and O–H groups in total. The van der Waals surface area contributed by atoms with E-state index in [4.69, 9.17) is 16.3 Å². The van der Waals surface area contributed by atoms with Crippen LogP contribution in [-0.2, 0) is 16.0 Å². The molecule has 0 bridgehead atoms. The van der Waals surface area contributed by atoms with Gasteiger partial charge in [-0.05, 0) is 37.6 Å². The van der Waals surface area contributed by atoms with Crippen LogP contribution in [0.5, 0.6) is 0 Å². The lowest BCUT2D eigenvalue weighted by molar-refractivity contribution is -0.122. The highest BCUT2D eigenvalue weighted by Gasteiger charge is 2.35. The van der Waals surface area contributed by atoms with E-state index < -0.39 is 0 Å². The monoisotopic (exact) mass is 365 g/mol. The van der Waals surface area contributed by atoms with Crippen molar-refractivity contribution >= 4 is 17.5 Å². The smallest absolute Gasteiger partial charge is 0.220 e. The van der Waals surface area contributed by atoms with Gasteiger partial charge in [0.25, 0.3) is 0 Å². The van der Waals surface area contributed by atoms with Gasteiger partial charge in [-0.1, -0.05) is 23.7 Å². The van der Waals surface area contributed by atoms with Gasteiger partial charge in [0.15, 0.2) is 0 Å². The molecule has 2 saturated heterocycles. The quantitative estimate of drug-likeness (QED) is 0.834. The average molecular weight is 366 g/mol. The predicted molar refractivity (Wildman–Crippen MR) is 100.0 cm³/mol. The molecule has 0 aromatic heterocycles. The Labute approximate surface area is 155 Å². The zero-order valence-corrected chi connectivity index (χ0v) is 15.7. The Kier molecular flexibility index (Phi) is 6.70. The third-order valence-corrected chi connectivity index (χ3v) is 5.44. The molecule has 0 saturated carbocycles. The normalized spacial score (nSPS) is 25.2. The number of carbonyl (C=O) groups excluding carboxylic acids is 1. The Bertz CT molecular complexity index is 558. The standard InChI is InChI=1S/C19H28ClN3O2/c1-22-9-11-23(12-10-22)18-14-25-13-17(18)21-19(24)4-2-3-15-5-7-16(20)8-6-15/h5-8,17-18H,2-4,9-14H2,1H3,(H,21,24)/t17-,18-/m1/s1. The Morgan fingerprint density at radius 3 is 2.64 bits per heavy atom. The lowest BCUT2D eigenvalue weighted by Gasteiger charge is -2.38. The van der Waals surface area contributed by atoms with Crippen LogP contribution in [0, 0.1) is 0 Å². The number of amides is 1. The van der Waals surface area contributed by atoms with E-state index in [0.717, 1.165) is 50.7 Å². The van der Waals surface area contributed by atoms with E-state index in [1.165, 1.54) is 5.56 Å². The summed E-state index contributed by atoms with van der Waals surface area (Å²) in [5.74, 6) is 0.128. The number of benzene rings is 1. The zero-order valence-electron chi connectivity index (χ0n) is 14.9. The molecular formula is C19H28ClN3O2. The molecule has 2 fully saturated rings. The molecule has 2 aliphatic rings. The molecule has 1 aromatic carbocycles. The topological polar surface area (TPSA) is 44.8 Å². The molecule has 2 aliphatic heterocycles. The lowest BCUT2D eigenvalue weighted by atomic mass is 10.1. The van der Waals surface area contributed by atoms with Crippen LogP contribution in [0.1, 0.15) is 18.4 Å². The van der Waals surface area contributed by atoms with E-state index in [1.807, 2.05) is 24.3 Å². The Morgan fingerprint density at radius 2 is 1.92 bits per heavy atom. The van der Waals surface area contributed by atoms with Crippen molar-refractivity contribution in [2.24, 2.45) is 0 Å². The van der Waals surface area contributed by atoms with Crippen molar-refractivity contribution in [3.05, 3.63) is 34.9 Å². The van der Waals surface area contributed by atoms with Crippen LogP contribution in [0.25, 0.3) is 0 Å². The molecule has 0 spiro atoms. The summed E-state index contributed by atoms with van der Waals surface area (Å²) < 4.78 is 5.65. The van der Waals surface area contributed by atoms with Gasteiger partial charge in [-0.3, -0.25) is 9.69 Å². The van der Waals surface area contributed by atoms with E-state index in [1.54, 1.807) is 0 Å². The van der Waals surface area contributed by atoms with E-state index in [0.29, 0.717) is 19.1 Å². The SMILES string of the molecule is CN1CCN([C@@H]2COC[C@H]2NC(=O)CCCc2ccc(Cl)cc2)CC1. The number of hydrogen-bond acceptors (Lipinski definition) is 4. The van der Waals surface area contributed by atoms with Gasteiger partial charge in [0.1, 0.15) is 0 Å². The highest BCUT2D eigenvalue weighted by Crippen LogP contribution is 2.16. The number of halogens is 1. The summed E-state index contributed by atoms with van der Waals surface area (Å²) >= 11 is 5.89. The molecule has 25 heavy (non-hydrogen) atoms. The van der Waals surface area contributed by atoms with Gasteiger partial charge in [0.2, 0.25) is 5.91 Å². The highest BCUT2D eigenvalue weighted by atomic mass is 35.5. The van der Waals surface area contributed by atoms with Crippen LogP contribution >= 0.6 is 11.6 Å². The van der Waals surface area contributed by atoms with E-state index in [2.05, 4.69) is 22.2 Å². The number of nitrogens with one attached hydrogen (secondary N) is 1. The molecule has 3 rings (SSSR count). The minimum Gasteiger partial charge on any atom is -0.378 e. The molecule has 0 radical (unpaired) electrons. The van der Waals surface area contributed by atoms with Crippen LogP contribution in [0.3, 0.4) is 0 Å². The zero-order chi connectivity index (χ0) is 17.6. The van der Waals surface area contributed by atoms with E-state index >= 15 is 0 Å². The van der Waals surface area contributed by atoms with Crippen LogP contribution < -0.4 is 5.32 Å². The summed E-state index contributed by atoms with van der Waals surface area (Å²) in [5, 5.41) is 3.94. The maximum atomic E-state index is 12.3. The maximum absolute atomic E-state index is 12.3. The number of likely N-dealkylation sites (N-methyl/N-ethyl adjacent to an activating group) is 1. The van der Waals surface area contributed by atoms with Crippen molar-refractivity contribution in [3.8, 4) is 0 Å². The molecule has 0 aliphatic carbocycles. The second-order valence-electron chi connectivity index (χ2n) is 7.10. The number of rotatable bonds is 6. The first-order valence-corrected chi connectivity index (χ1v) is 9.54. The minimum absolute atomic E-state index is 0.117. The Balaban J connectivity index is 1.41. The third kappa shape index (κ3) is 5.42. The Morgan fingerprint density at radius 1 is 1.20 bits per heavy atom. The molecule has 138 valence electrons. The van der Waals surface area contributed by atoms with Crippen LogP contribution in [-0.4, -0.2) is 74.2 Å². The molecule has 1 amide bonds. The molecular weight excluding hydrogens is 338 g/mol. The van der Waals surface area contributed by atoms with Crippen LogP contribution in [0.15, 0.2) is 24.3 Å². The third-order valence-electron chi connectivity index (χ3n) is 5.19. The van der Waals surface area contributed by atoms with Crippen molar-refractivity contribution in [2.75, 3.05) is 46.4 Å². The fourth-order valence-corrected chi connectivity index (χ4v) is 3.70. The van der Waals surface area contributed by atoms with Crippen molar-refractivity contribution in [1.82, 2.24) is 15.1 Å². The molecule has 6 heteroatoms. The summed E-state index contributed by atoms with van der Waals surface area (Å²) in [7, 11) is 2.16. The predicted octanol–water partition coefficient (Wildman–Crippen LogP) is 1.79. The molecule has 0 unspecified atom stereocenters. The van der Waals surface area contributed by atoms with Gasteiger partial charge in [0.05, 0.1) is 25.3 Å². The van der Waals surface area contributed by atoms with Gasteiger partial charge < -0.3 is 15.0 Å². The van der Waals surface area contributed by atoms with Crippen molar-refractivity contribution in [1.29, 1.82) is 0 Å². The van der Waals surface area contributed by atoms with E-state index in [9.17, 15) is 4.79 Å². The van der Waals surface area contributed by atoms with Gasteiger partial charge >= 0.3 is 0 Å². The van der Waals surface area contributed by atoms with Gasteiger partial charge in [0, 0.05) is 37.6 Å². The van der Waals surface area contributed by atoms with Crippen molar-refractivity contribution in [2.45, 2.75) is 31.3 Å². The second kappa shape index (κ2) is 8.99. The summed E-state index contributed by atoms with van der Waals surface area (Å²) in [6.45, 7) is 5.61. The molecule has 2 atom stereocenters. The van der Waals surface area contributed by atoms with Gasteiger partial charge in [-0.2, -0.15) is 0 Å². The summed E-state index contributed by atoms with van der Waals surface area (Å²) in [6, 6.07) is 8.27. The number of ether oxygens (including phenoxy) is 1. The first-order valence-electron chi connectivity index (χ1n) is 9.16. The van der Waals surface area contributed by atoms with Gasteiger partial charge in [-0.25, -0.2) is 0 Å². The van der Waals surface area contributed by atoms with Crippen LogP contribution in [0.2, 0.25) is 5.02 Å². The first-order chi connectivity index (χ1) is 12.1. The number of nitrogens with zero attached hydrogens (tertiary/aromatic N) is 2. The van der Waals surface area contributed by atoms with Crippen molar-refractivity contribution < 1.29 is 9.53 Å². The summed E-state index contributed by atoms with van der Waals surface area (Å²) in [6.07, 6.45) is 2.29.